The Morgan fingerprint density at radius 2 is 2.21 bits per heavy atom. The van der Waals surface area contributed by atoms with Crippen LogP contribution in [0.4, 0.5) is 0 Å². The van der Waals surface area contributed by atoms with Crippen molar-refractivity contribution in [2.24, 2.45) is 0 Å². The summed E-state index contributed by atoms with van der Waals surface area (Å²) in [6.07, 6.45) is 2.53. The topological polar surface area (TPSA) is 49.3 Å². The highest BCUT2D eigenvalue weighted by Crippen LogP contribution is 2.10. The highest BCUT2D eigenvalue weighted by molar-refractivity contribution is 5.94. The molecule has 19 heavy (non-hydrogen) atoms. The number of hydrogen-bond donors (Lipinski definition) is 2. The fourth-order valence-electron chi connectivity index (χ4n) is 1.64. The van der Waals surface area contributed by atoms with Gasteiger partial charge in [0.1, 0.15) is 0 Å². The lowest BCUT2D eigenvalue weighted by Gasteiger charge is -2.06. The molecular formula is C16H21NO2. The zero-order chi connectivity index (χ0) is 14.1. The molecule has 1 rings (SSSR count). The predicted octanol–water partition coefficient (Wildman–Crippen LogP) is 2.26. The predicted molar refractivity (Wildman–Crippen MR) is 77.0 cm³/mol. The first-order chi connectivity index (χ1) is 9.19. The molecule has 3 nitrogen and oxygen atoms in total. The van der Waals surface area contributed by atoms with E-state index in [4.69, 9.17) is 5.11 Å². The Hall–Kier alpha value is -1.79. The third-order valence-electron chi connectivity index (χ3n) is 2.76. The van der Waals surface area contributed by atoms with E-state index in [2.05, 4.69) is 24.1 Å². The monoisotopic (exact) mass is 259 g/mol. The summed E-state index contributed by atoms with van der Waals surface area (Å²) in [5, 5.41) is 11.6. The average molecular weight is 259 g/mol. The van der Waals surface area contributed by atoms with Crippen molar-refractivity contribution in [2.45, 2.75) is 33.1 Å². The number of hydrogen-bond acceptors (Lipinski definition) is 2. The van der Waals surface area contributed by atoms with E-state index in [0.717, 1.165) is 24.0 Å². The van der Waals surface area contributed by atoms with Crippen LogP contribution >= 0.6 is 0 Å². The van der Waals surface area contributed by atoms with E-state index in [9.17, 15) is 4.79 Å². The lowest BCUT2D eigenvalue weighted by atomic mass is 10.0. The normalized spacial score (nSPS) is 9.63. The second kappa shape index (κ2) is 8.34. The van der Waals surface area contributed by atoms with Crippen molar-refractivity contribution in [3.8, 4) is 11.8 Å². The molecule has 102 valence electrons. The van der Waals surface area contributed by atoms with Gasteiger partial charge in [0.15, 0.2) is 0 Å². The third-order valence-corrected chi connectivity index (χ3v) is 2.76. The molecule has 0 aliphatic rings. The molecule has 0 spiro atoms. The molecule has 0 heterocycles. The lowest BCUT2D eigenvalue weighted by molar-refractivity contribution is 0.0953. The Bertz CT molecular complexity index is 483. The van der Waals surface area contributed by atoms with Crippen molar-refractivity contribution in [1.29, 1.82) is 0 Å². The van der Waals surface area contributed by atoms with Gasteiger partial charge in [0.25, 0.3) is 5.91 Å². The summed E-state index contributed by atoms with van der Waals surface area (Å²) in [6.45, 7) is 4.82. The zero-order valence-corrected chi connectivity index (χ0v) is 11.6. The number of aryl methyl sites for hydroxylation is 1. The standard InChI is InChI=1S/C16H21NO2/c1-3-4-10-17-16(19)15-9-8-14(13(2)12-15)7-5-6-11-18/h8-9,12,18H,3-4,6,10-11H2,1-2H3,(H,17,19). The number of rotatable bonds is 5. The molecule has 0 aromatic heterocycles. The summed E-state index contributed by atoms with van der Waals surface area (Å²) in [4.78, 5) is 11.9. The molecule has 0 aliphatic carbocycles. The van der Waals surface area contributed by atoms with Gasteiger partial charge in [0.2, 0.25) is 0 Å². The zero-order valence-electron chi connectivity index (χ0n) is 11.6. The molecule has 0 unspecified atom stereocenters. The minimum Gasteiger partial charge on any atom is -0.395 e. The number of aliphatic hydroxyl groups excluding tert-OH is 1. The van der Waals surface area contributed by atoms with Crippen LogP contribution < -0.4 is 5.32 Å². The first-order valence-corrected chi connectivity index (χ1v) is 6.67. The van der Waals surface area contributed by atoms with Gasteiger partial charge in [-0.15, -0.1) is 0 Å². The van der Waals surface area contributed by atoms with Gasteiger partial charge in [0, 0.05) is 24.1 Å². The second-order valence-electron chi connectivity index (χ2n) is 4.41. The van der Waals surface area contributed by atoms with Crippen molar-refractivity contribution in [3.05, 3.63) is 34.9 Å². The van der Waals surface area contributed by atoms with Crippen molar-refractivity contribution >= 4 is 5.91 Å². The van der Waals surface area contributed by atoms with Crippen LogP contribution in [-0.2, 0) is 0 Å². The van der Waals surface area contributed by atoms with Crippen LogP contribution in [-0.4, -0.2) is 24.2 Å². The Balaban J connectivity index is 2.71. The summed E-state index contributed by atoms with van der Waals surface area (Å²) < 4.78 is 0. The maximum Gasteiger partial charge on any atom is 0.251 e. The van der Waals surface area contributed by atoms with E-state index in [0.29, 0.717) is 18.5 Å². The van der Waals surface area contributed by atoms with Crippen molar-refractivity contribution in [1.82, 2.24) is 5.32 Å². The molecule has 3 heteroatoms. The number of benzene rings is 1. The number of unbranched alkanes of at least 4 members (excludes halogenated alkanes) is 1. The first kappa shape index (κ1) is 15.3. The summed E-state index contributed by atoms with van der Waals surface area (Å²) in [5.41, 5.74) is 2.55. The van der Waals surface area contributed by atoms with Gasteiger partial charge in [0.05, 0.1) is 6.61 Å². The molecule has 0 saturated heterocycles. The minimum absolute atomic E-state index is 0.0357. The fraction of sp³-hybridized carbons (Fsp3) is 0.438. The maximum absolute atomic E-state index is 11.9. The summed E-state index contributed by atoms with van der Waals surface area (Å²) >= 11 is 0. The number of nitrogens with one attached hydrogen (secondary N) is 1. The van der Waals surface area contributed by atoms with Gasteiger partial charge in [-0.05, 0) is 37.1 Å². The molecule has 0 fully saturated rings. The van der Waals surface area contributed by atoms with Gasteiger partial charge in [-0.25, -0.2) is 0 Å². The Morgan fingerprint density at radius 1 is 1.42 bits per heavy atom. The van der Waals surface area contributed by atoms with Crippen LogP contribution in [0.5, 0.6) is 0 Å². The van der Waals surface area contributed by atoms with E-state index < -0.39 is 0 Å². The minimum atomic E-state index is -0.0357. The van der Waals surface area contributed by atoms with E-state index in [-0.39, 0.29) is 12.5 Å². The SMILES string of the molecule is CCCCNC(=O)c1ccc(C#CCCO)c(C)c1. The van der Waals surface area contributed by atoms with Gasteiger partial charge >= 0.3 is 0 Å². The highest BCUT2D eigenvalue weighted by atomic mass is 16.2. The number of carbonyl (C=O) groups excluding carboxylic acids is 1. The third kappa shape index (κ3) is 5.15. The molecule has 1 aromatic rings. The molecule has 1 aromatic carbocycles. The smallest absolute Gasteiger partial charge is 0.251 e. The van der Waals surface area contributed by atoms with E-state index in [1.165, 1.54) is 0 Å². The van der Waals surface area contributed by atoms with Crippen LogP contribution in [0, 0.1) is 18.8 Å². The lowest BCUT2D eigenvalue weighted by Crippen LogP contribution is -2.24. The van der Waals surface area contributed by atoms with Crippen LogP contribution in [0.1, 0.15) is 47.7 Å². The molecule has 1 amide bonds. The summed E-state index contributed by atoms with van der Waals surface area (Å²) in [5.74, 6) is 5.84. The molecule has 2 N–H and O–H groups in total. The van der Waals surface area contributed by atoms with Crippen molar-refractivity contribution < 1.29 is 9.90 Å². The molecular weight excluding hydrogens is 238 g/mol. The Kier molecular flexibility index (Phi) is 6.70. The first-order valence-electron chi connectivity index (χ1n) is 6.67. The Morgan fingerprint density at radius 3 is 2.84 bits per heavy atom. The Labute approximate surface area is 115 Å². The van der Waals surface area contributed by atoms with Crippen LogP contribution in [0.3, 0.4) is 0 Å². The largest absolute Gasteiger partial charge is 0.395 e. The summed E-state index contributed by atoms with van der Waals surface area (Å²) in [7, 11) is 0. The fourth-order valence-corrected chi connectivity index (χ4v) is 1.64. The highest BCUT2D eigenvalue weighted by Gasteiger charge is 2.06. The average Bonchev–Trinajstić information content (AvgIpc) is 2.41. The van der Waals surface area contributed by atoms with Crippen LogP contribution in [0.15, 0.2) is 18.2 Å². The second-order valence-corrected chi connectivity index (χ2v) is 4.41. The van der Waals surface area contributed by atoms with Crippen LogP contribution in [0.25, 0.3) is 0 Å². The molecule has 0 saturated carbocycles. The molecule has 0 atom stereocenters. The number of aliphatic hydroxyl groups is 1. The van der Waals surface area contributed by atoms with Gasteiger partial charge < -0.3 is 10.4 Å². The van der Waals surface area contributed by atoms with Gasteiger partial charge in [-0.3, -0.25) is 4.79 Å². The van der Waals surface area contributed by atoms with E-state index >= 15 is 0 Å². The molecule has 0 radical (unpaired) electrons. The van der Waals surface area contributed by atoms with E-state index in [1.54, 1.807) is 6.07 Å². The molecule has 0 bridgehead atoms. The summed E-state index contributed by atoms with van der Waals surface area (Å²) in [6, 6.07) is 5.50. The van der Waals surface area contributed by atoms with Crippen LogP contribution in [0.2, 0.25) is 0 Å². The molecule has 0 aliphatic heterocycles. The van der Waals surface area contributed by atoms with Gasteiger partial charge in [-0.2, -0.15) is 0 Å². The van der Waals surface area contributed by atoms with E-state index in [1.807, 2.05) is 19.1 Å². The van der Waals surface area contributed by atoms with Gasteiger partial charge in [-0.1, -0.05) is 25.2 Å². The van der Waals surface area contributed by atoms with Crippen molar-refractivity contribution in [2.75, 3.05) is 13.2 Å². The van der Waals surface area contributed by atoms with Crippen molar-refractivity contribution in [3.63, 3.8) is 0 Å². The number of amides is 1. The number of carbonyl (C=O) groups is 1. The quantitative estimate of drug-likeness (QED) is 0.629. The maximum atomic E-state index is 11.9.